The molecule has 6 rings (SSSR count). The van der Waals surface area contributed by atoms with Gasteiger partial charge in [-0.2, -0.15) is 5.10 Å². The minimum atomic E-state index is -0.465. The molecule has 1 aliphatic heterocycles. The molecule has 4 heterocycles. The first-order chi connectivity index (χ1) is 16.7. The summed E-state index contributed by atoms with van der Waals surface area (Å²) in [6, 6.07) is 15.1. The van der Waals surface area contributed by atoms with Crippen molar-refractivity contribution in [2.75, 3.05) is 4.90 Å². The number of benzene rings is 2. The molecule has 3 aromatic heterocycles. The minimum Gasteiger partial charge on any atom is -0.332 e. The predicted octanol–water partition coefficient (Wildman–Crippen LogP) is 4.20. The van der Waals surface area contributed by atoms with Gasteiger partial charge in [0.05, 0.1) is 11.7 Å². The first-order valence-electron chi connectivity index (χ1n) is 10.8. The summed E-state index contributed by atoms with van der Waals surface area (Å²) in [7, 11) is 0. The highest BCUT2D eigenvalue weighted by Crippen LogP contribution is 2.28. The van der Waals surface area contributed by atoms with Crippen molar-refractivity contribution < 1.29 is 4.39 Å². The fourth-order valence-electron chi connectivity index (χ4n) is 4.01. The van der Waals surface area contributed by atoms with Crippen molar-refractivity contribution in [1.82, 2.24) is 30.1 Å². The number of hydrogen-bond donors (Lipinski definition) is 1. The number of aromatic amines is 1. The lowest BCUT2D eigenvalue weighted by Crippen LogP contribution is -2.17. The van der Waals surface area contributed by atoms with Crippen molar-refractivity contribution in [1.29, 1.82) is 0 Å². The normalized spacial score (nSPS) is 12.4. The third-order valence-corrected chi connectivity index (χ3v) is 5.73. The van der Waals surface area contributed by atoms with E-state index in [1.807, 2.05) is 36.4 Å². The molecule has 0 saturated heterocycles. The molecule has 7 nitrogen and oxygen atoms in total. The molecular formula is C26H18FN7. The quantitative estimate of drug-likeness (QED) is 0.418. The monoisotopic (exact) mass is 447 g/mol. The van der Waals surface area contributed by atoms with Gasteiger partial charge in [-0.1, -0.05) is 24.1 Å². The maximum Gasteiger partial charge on any atom is 0.226 e. The van der Waals surface area contributed by atoms with E-state index in [-0.39, 0.29) is 0 Å². The third-order valence-electron chi connectivity index (χ3n) is 5.73. The van der Waals surface area contributed by atoms with Gasteiger partial charge in [-0.05, 0) is 52.9 Å². The topological polar surface area (TPSA) is 83.5 Å². The summed E-state index contributed by atoms with van der Waals surface area (Å²) in [5, 5.41) is 7.98. The summed E-state index contributed by atoms with van der Waals surface area (Å²) in [5.41, 5.74) is 6.02. The fraction of sp³-hybridized carbons (Fsp3) is 0.115. The molecule has 0 fully saturated rings. The van der Waals surface area contributed by atoms with Gasteiger partial charge in [-0.15, -0.1) is 0 Å². The molecule has 164 valence electrons. The molecule has 34 heavy (non-hydrogen) atoms. The van der Waals surface area contributed by atoms with Crippen LogP contribution < -0.4 is 4.90 Å². The lowest BCUT2D eigenvalue weighted by Gasteiger charge is -2.15. The molecule has 0 radical (unpaired) electrons. The van der Waals surface area contributed by atoms with Crippen LogP contribution in [0.4, 0.5) is 10.3 Å². The number of rotatable bonds is 3. The Kier molecular flexibility index (Phi) is 4.92. The van der Waals surface area contributed by atoms with Crippen LogP contribution in [0.15, 0.2) is 67.1 Å². The number of anilines is 1. The number of nitrogens with one attached hydrogen (secondary N) is 1. The summed E-state index contributed by atoms with van der Waals surface area (Å²) >= 11 is 0. The Morgan fingerprint density at radius 2 is 1.82 bits per heavy atom. The first-order valence-corrected chi connectivity index (χ1v) is 10.8. The molecule has 0 bridgehead atoms. The van der Waals surface area contributed by atoms with Crippen LogP contribution in [0.1, 0.15) is 27.9 Å². The molecule has 0 aliphatic carbocycles. The number of fused-ring (bicyclic) bond motifs is 2. The average molecular weight is 447 g/mol. The van der Waals surface area contributed by atoms with Gasteiger partial charge in [-0.3, -0.25) is 5.10 Å². The van der Waals surface area contributed by atoms with E-state index in [2.05, 4.69) is 41.9 Å². The lowest BCUT2D eigenvalue weighted by molar-refractivity contribution is 0.485. The summed E-state index contributed by atoms with van der Waals surface area (Å²) in [6.45, 7) is 0.854. The Morgan fingerprint density at radius 1 is 0.912 bits per heavy atom. The van der Waals surface area contributed by atoms with Crippen LogP contribution in [0.3, 0.4) is 0 Å². The van der Waals surface area contributed by atoms with E-state index in [4.69, 9.17) is 4.98 Å². The van der Waals surface area contributed by atoms with Crippen molar-refractivity contribution in [2.24, 2.45) is 0 Å². The molecule has 5 aromatic rings. The Balaban J connectivity index is 1.25. The number of H-pyrrole nitrogens is 1. The first kappa shape index (κ1) is 20.0. The van der Waals surface area contributed by atoms with E-state index < -0.39 is 6.67 Å². The number of nitrogens with zero attached hydrogens (tertiary/aromatic N) is 6. The second-order valence-corrected chi connectivity index (χ2v) is 8.02. The SMILES string of the molecule is FCc1ccc2c(c1)CN(c1nccc(-c3nccc(C#Cc4ccc5[nH]ncc5c4)n3)n1)C2. The molecule has 1 N–H and O–H groups in total. The van der Waals surface area contributed by atoms with Crippen LogP contribution in [-0.2, 0) is 19.8 Å². The largest absolute Gasteiger partial charge is 0.332 e. The maximum atomic E-state index is 13.0. The summed E-state index contributed by atoms with van der Waals surface area (Å²) < 4.78 is 13.0. The number of halogens is 1. The highest BCUT2D eigenvalue weighted by atomic mass is 19.1. The average Bonchev–Trinajstić information content (AvgIpc) is 3.54. The third kappa shape index (κ3) is 3.84. The van der Waals surface area contributed by atoms with Crippen molar-refractivity contribution in [2.45, 2.75) is 19.8 Å². The van der Waals surface area contributed by atoms with Crippen LogP contribution in [-0.4, -0.2) is 30.1 Å². The fourth-order valence-corrected chi connectivity index (χ4v) is 4.01. The van der Waals surface area contributed by atoms with Crippen LogP contribution in [0.5, 0.6) is 0 Å². The lowest BCUT2D eigenvalue weighted by atomic mass is 10.1. The molecule has 8 heteroatoms. The number of alkyl halides is 1. The van der Waals surface area contributed by atoms with Gasteiger partial charge in [0.25, 0.3) is 0 Å². The predicted molar refractivity (Wildman–Crippen MR) is 126 cm³/mol. The Morgan fingerprint density at radius 3 is 2.76 bits per heavy atom. The second kappa shape index (κ2) is 8.37. The van der Waals surface area contributed by atoms with Gasteiger partial charge >= 0.3 is 0 Å². The molecule has 0 spiro atoms. The van der Waals surface area contributed by atoms with E-state index in [0.29, 0.717) is 41.8 Å². The molecule has 0 atom stereocenters. The van der Waals surface area contributed by atoms with Gasteiger partial charge in [0, 0.05) is 36.4 Å². The zero-order valence-corrected chi connectivity index (χ0v) is 18.0. The van der Waals surface area contributed by atoms with Gasteiger partial charge in [0.1, 0.15) is 18.1 Å². The molecular weight excluding hydrogens is 429 g/mol. The highest BCUT2D eigenvalue weighted by molar-refractivity contribution is 5.79. The Hall–Kier alpha value is -4.64. The number of hydrogen-bond acceptors (Lipinski definition) is 6. The van der Waals surface area contributed by atoms with Crippen LogP contribution >= 0.6 is 0 Å². The van der Waals surface area contributed by atoms with Gasteiger partial charge in [-0.25, -0.2) is 24.3 Å². The van der Waals surface area contributed by atoms with Gasteiger partial charge < -0.3 is 4.90 Å². The van der Waals surface area contributed by atoms with E-state index >= 15 is 0 Å². The van der Waals surface area contributed by atoms with Crippen molar-refractivity contribution in [3.63, 3.8) is 0 Å². The summed E-state index contributed by atoms with van der Waals surface area (Å²) in [6.07, 6.45) is 5.15. The van der Waals surface area contributed by atoms with Gasteiger partial charge in [0.15, 0.2) is 5.82 Å². The maximum absolute atomic E-state index is 13.0. The van der Waals surface area contributed by atoms with Crippen LogP contribution in [0.25, 0.3) is 22.4 Å². The van der Waals surface area contributed by atoms with Crippen LogP contribution in [0, 0.1) is 11.8 Å². The summed E-state index contributed by atoms with van der Waals surface area (Å²) in [4.78, 5) is 20.2. The van der Waals surface area contributed by atoms with Crippen LogP contribution in [0.2, 0.25) is 0 Å². The van der Waals surface area contributed by atoms with E-state index in [1.165, 1.54) is 0 Å². The van der Waals surface area contributed by atoms with Crippen molar-refractivity contribution in [3.8, 4) is 23.4 Å². The molecule has 1 aliphatic rings. The van der Waals surface area contributed by atoms with E-state index in [1.54, 1.807) is 30.7 Å². The Labute approximate surface area is 194 Å². The smallest absolute Gasteiger partial charge is 0.226 e. The molecule has 0 amide bonds. The zero-order valence-electron chi connectivity index (χ0n) is 18.0. The van der Waals surface area contributed by atoms with E-state index in [0.717, 1.165) is 27.6 Å². The molecule has 2 aromatic carbocycles. The summed E-state index contributed by atoms with van der Waals surface area (Å²) in [5.74, 6) is 7.32. The minimum absolute atomic E-state index is 0.465. The van der Waals surface area contributed by atoms with E-state index in [9.17, 15) is 4.39 Å². The standard InChI is InChI=1S/C26H18FN7/c27-13-18-1-4-19-15-34(16-21(19)12-18)26-29-10-8-24(32-26)25-28-9-7-22(31-25)5-2-17-3-6-23-20(11-17)14-30-33-23/h1,3-4,6-12,14H,13,15-16H2,(H,30,33). The van der Waals surface area contributed by atoms with Crippen molar-refractivity contribution >= 4 is 16.9 Å². The molecule has 0 unspecified atom stereocenters. The Bertz CT molecular complexity index is 1580. The molecule has 0 saturated carbocycles. The van der Waals surface area contributed by atoms with Gasteiger partial charge in [0.2, 0.25) is 5.95 Å². The second-order valence-electron chi connectivity index (χ2n) is 8.02. The van der Waals surface area contributed by atoms with Crippen molar-refractivity contribution in [3.05, 3.63) is 95.1 Å². The zero-order chi connectivity index (χ0) is 22.9. The highest BCUT2D eigenvalue weighted by Gasteiger charge is 2.22. The number of aromatic nitrogens is 6.